The Morgan fingerprint density at radius 3 is 2.74 bits per heavy atom. The van der Waals surface area contributed by atoms with Crippen LogP contribution in [0.25, 0.3) is 23.1 Å². The number of nitrogens with zero attached hydrogens (tertiary/aromatic N) is 4. The largest absolute Gasteiger partial charge is 0.361 e. The number of hydrogen-bond acceptors (Lipinski definition) is 5. The third-order valence-electron chi connectivity index (χ3n) is 6.44. The lowest BCUT2D eigenvalue weighted by molar-refractivity contribution is 0.220. The third-order valence-corrected chi connectivity index (χ3v) is 6.44. The number of benzene rings is 1. The fourth-order valence-corrected chi connectivity index (χ4v) is 4.49. The number of piperidine rings is 1. The second kappa shape index (κ2) is 9.90. The standard InChI is InChI=1S/C28H28N6/c1-20-25-11-12-30-27(25)10-9-26(20)33-28-23(16-29)15-21(17-32-28)5-7-24-8-6-22(18-31-24)19-34-13-3-2-4-14-34/h5-12,15,17-18,30H,2-4,13-14,19H2,1H3,(H,32,33). The predicted molar refractivity (Wildman–Crippen MR) is 138 cm³/mol. The van der Waals surface area contributed by atoms with Crippen molar-refractivity contribution >= 4 is 34.6 Å². The van der Waals surface area contributed by atoms with Crippen molar-refractivity contribution in [2.45, 2.75) is 32.7 Å². The summed E-state index contributed by atoms with van der Waals surface area (Å²) in [6.07, 6.45) is 13.5. The molecule has 1 fully saturated rings. The maximum absolute atomic E-state index is 9.70. The molecule has 0 atom stereocenters. The summed E-state index contributed by atoms with van der Waals surface area (Å²) in [6.45, 7) is 5.39. The summed E-state index contributed by atoms with van der Waals surface area (Å²) in [7, 11) is 0. The molecule has 6 nitrogen and oxygen atoms in total. The van der Waals surface area contributed by atoms with E-state index in [1.807, 2.05) is 48.8 Å². The number of fused-ring (bicyclic) bond motifs is 1. The van der Waals surface area contributed by atoms with Gasteiger partial charge in [0.1, 0.15) is 11.9 Å². The minimum atomic E-state index is 0.501. The van der Waals surface area contributed by atoms with Crippen LogP contribution in [0.1, 0.15) is 47.2 Å². The normalized spacial score (nSPS) is 14.5. The lowest BCUT2D eigenvalue weighted by Gasteiger charge is -2.26. The van der Waals surface area contributed by atoms with Crippen LogP contribution in [-0.4, -0.2) is 32.9 Å². The molecule has 4 heterocycles. The fourth-order valence-electron chi connectivity index (χ4n) is 4.49. The molecule has 0 bridgehead atoms. The van der Waals surface area contributed by atoms with Crippen molar-refractivity contribution in [3.05, 3.63) is 82.9 Å². The first-order valence-electron chi connectivity index (χ1n) is 11.8. The molecular formula is C28H28N6. The highest BCUT2D eigenvalue weighted by Gasteiger charge is 2.11. The molecule has 0 spiro atoms. The second-order valence-electron chi connectivity index (χ2n) is 8.84. The Hall–Kier alpha value is -3.95. The van der Waals surface area contributed by atoms with Crippen molar-refractivity contribution in [3.63, 3.8) is 0 Å². The number of anilines is 2. The Balaban J connectivity index is 1.28. The van der Waals surface area contributed by atoms with Gasteiger partial charge >= 0.3 is 0 Å². The van der Waals surface area contributed by atoms with Gasteiger partial charge in [-0.05, 0) is 86.0 Å². The van der Waals surface area contributed by atoms with Gasteiger partial charge in [0.05, 0.1) is 11.3 Å². The van der Waals surface area contributed by atoms with E-state index < -0.39 is 0 Å². The number of aromatic nitrogens is 3. The molecule has 6 heteroatoms. The van der Waals surface area contributed by atoms with Gasteiger partial charge in [0.25, 0.3) is 0 Å². The minimum absolute atomic E-state index is 0.501. The number of nitrogens with one attached hydrogen (secondary N) is 2. The highest BCUT2D eigenvalue weighted by atomic mass is 15.1. The number of aryl methyl sites for hydroxylation is 1. The summed E-state index contributed by atoms with van der Waals surface area (Å²) in [6, 6.07) is 14.4. The van der Waals surface area contributed by atoms with Gasteiger partial charge in [0.15, 0.2) is 0 Å². The lowest BCUT2D eigenvalue weighted by atomic mass is 10.1. The molecule has 34 heavy (non-hydrogen) atoms. The molecule has 0 amide bonds. The monoisotopic (exact) mass is 448 g/mol. The predicted octanol–water partition coefficient (Wildman–Crippen LogP) is 6.04. The molecule has 1 saturated heterocycles. The van der Waals surface area contributed by atoms with Gasteiger partial charge in [-0.25, -0.2) is 4.98 Å². The molecule has 4 aromatic rings. The van der Waals surface area contributed by atoms with Crippen LogP contribution in [0.4, 0.5) is 11.5 Å². The molecule has 0 aliphatic carbocycles. The van der Waals surface area contributed by atoms with Gasteiger partial charge in [0.2, 0.25) is 0 Å². The summed E-state index contributed by atoms with van der Waals surface area (Å²) < 4.78 is 0. The molecule has 5 rings (SSSR count). The fraction of sp³-hybridized carbons (Fsp3) is 0.250. The molecule has 3 aromatic heterocycles. The van der Waals surface area contributed by atoms with E-state index in [9.17, 15) is 5.26 Å². The first kappa shape index (κ1) is 21.9. The minimum Gasteiger partial charge on any atom is -0.361 e. The van der Waals surface area contributed by atoms with E-state index in [-0.39, 0.29) is 0 Å². The van der Waals surface area contributed by atoms with Gasteiger partial charge in [-0.2, -0.15) is 5.26 Å². The first-order valence-corrected chi connectivity index (χ1v) is 11.8. The lowest BCUT2D eigenvalue weighted by Crippen LogP contribution is -2.29. The summed E-state index contributed by atoms with van der Waals surface area (Å²) in [4.78, 5) is 14.8. The maximum Gasteiger partial charge on any atom is 0.148 e. The number of likely N-dealkylation sites (tertiary alicyclic amines) is 1. The van der Waals surface area contributed by atoms with E-state index in [1.165, 1.54) is 37.9 Å². The van der Waals surface area contributed by atoms with E-state index in [4.69, 9.17) is 0 Å². The SMILES string of the molecule is Cc1c(Nc2ncc(C=Cc3ccc(CN4CCCCC4)cn3)cc2C#N)ccc2[nH]ccc12. The third kappa shape index (κ3) is 4.85. The summed E-state index contributed by atoms with van der Waals surface area (Å²) in [5, 5.41) is 14.2. The van der Waals surface area contributed by atoms with Crippen molar-refractivity contribution in [2.24, 2.45) is 0 Å². The van der Waals surface area contributed by atoms with E-state index in [2.05, 4.69) is 50.3 Å². The number of pyridine rings is 2. The zero-order valence-electron chi connectivity index (χ0n) is 19.4. The number of hydrogen-bond donors (Lipinski definition) is 2. The van der Waals surface area contributed by atoms with E-state index >= 15 is 0 Å². The molecule has 1 aliphatic heterocycles. The maximum atomic E-state index is 9.70. The number of nitriles is 1. The van der Waals surface area contributed by atoms with Crippen molar-refractivity contribution < 1.29 is 0 Å². The van der Waals surface area contributed by atoms with E-state index in [0.29, 0.717) is 11.4 Å². The molecule has 2 N–H and O–H groups in total. The average Bonchev–Trinajstić information content (AvgIpc) is 3.36. The highest BCUT2D eigenvalue weighted by Crippen LogP contribution is 2.28. The zero-order chi connectivity index (χ0) is 23.3. The molecule has 170 valence electrons. The van der Waals surface area contributed by atoms with E-state index in [0.717, 1.165) is 40.0 Å². The highest BCUT2D eigenvalue weighted by molar-refractivity contribution is 5.88. The Kier molecular flexibility index (Phi) is 6.37. The van der Waals surface area contributed by atoms with Crippen LogP contribution >= 0.6 is 0 Å². The molecule has 0 saturated carbocycles. The number of aromatic amines is 1. The Bertz CT molecular complexity index is 1350. The second-order valence-corrected chi connectivity index (χ2v) is 8.84. The van der Waals surface area contributed by atoms with Gasteiger partial charge < -0.3 is 10.3 Å². The molecule has 1 aromatic carbocycles. The van der Waals surface area contributed by atoms with Crippen LogP contribution in [-0.2, 0) is 6.54 Å². The Morgan fingerprint density at radius 1 is 1.06 bits per heavy atom. The molecular weight excluding hydrogens is 420 g/mol. The Labute approximate surface area is 200 Å². The Morgan fingerprint density at radius 2 is 1.94 bits per heavy atom. The van der Waals surface area contributed by atoms with Gasteiger partial charge in [0, 0.05) is 41.7 Å². The van der Waals surface area contributed by atoms with Gasteiger partial charge in [-0.15, -0.1) is 0 Å². The molecule has 0 radical (unpaired) electrons. The van der Waals surface area contributed by atoms with Crippen LogP contribution in [0.15, 0.2) is 55.0 Å². The molecule has 0 unspecified atom stereocenters. The van der Waals surface area contributed by atoms with Crippen molar-refractivity contribution in [3.8, 4) is 6.07 Å². The smallest absolute Gasteiger partial charge is 0.148 e. The summed E-state index contributed by atoms with van der Waals surface area (Å²) >= 11 is 0. The van der Waals surface area contributed by atoms with Gasteiger partial charge in [-0.1, -0.05) is 18.6 Å². The van der Waals surface area contributed by atoms with Crippen molar-refractivity contribution in [2.75, 3.05) is 18.4 Å². The molecule has 1 aliphatic rings. The van der Waals surface area contributed by atoms with Crippen molar-refractivity contribution in [1.29, 1.82) is 5.26 Å². The summed E-state index contributed by atoms with van der Waals surface area (Å²) in [5.74, 6) is 0.554. The van der Waals surface area contributed by atoms with Crippen LogP contribution < -0.4 is 5.32 Å². The van der Waals surface area contributed by atoms with E-state index in [1.54, 1.807) is 6.20 Å². The quantitative estimate of drug-likeness (QED) is 0.376. The average molecular weight is 449 g/mol. The topological polar surface area (TPSA) is 80.6 Å². The van der Waals surface area contributed by atoms with Crippen LogP contribution in [0.5, 0.6) is 0 Å². The first-order chi connectivity index (χ1) is 16.7. The van der Waals surface area contributed by atoms with Crippen LogP contribution in [0, 0.1) is 18.3 Å². The van der Waals surface area contributed by atoms with Gasteiger partial charge in [-0.3, -0.25) is 9.88 Å². The van der Waals surface area contributed by atoms with Crippen LogP contribution in [0.3, 0.4) is 0 Å². The summed E-state index contributed by atoms with van der Waals surface area (Å²) in [5.41, 5.74) is 6.64. The zero-order valence-corrected chi connectivity index (χ0v) is 19.4. The number of rotatable bonds is 6. The van der Waals surface area contributed by atoms with Crippen LogP contribution in [0.2, 0.25) is 0 Å². The number of H-pyrrole nitrogens is 1. The van der Waals surface area contributed by atoms with Crippen molar-refractivity contribution in [1.82, 2.24) is 19.9 Å².